The minimum atomic E-state index is -4.23. The average molecular weight is 529 g/mol. The van der Waals surface area contributed by atoms with Gasteiger partial charge in [0.1, 0.15) is 28.8 Å². The third-order valence-electron chi connectivity index (χ3n) is 5.86. The molecule has 35 heavy (non-hydrogen) atoms. The van der Waals surface area contributed by atoms with E-state index in [0.717, 1.165) is 0 Å². The van der Waals surface area contributed by atoms with Crippen molar-refractivity contribution in [2.24, 2.45) is 0 Å². The molecule has 0 radical (unpaired) electrons. The normalized spacial score (nSPS) is 20.9. The van der Waals surface area contributed by atoms with E-state index in [2.05, 4.69) is 24.9 Å². The maximum atomic E-state index is 13.6. The van der Waals surface area contributed by atoms with Gasteiger partial charge < -0.3 is 14.2 Å². The van der Waals surface area contributed by atoms with E-state index in [1.54, 1.807) is 6.92 Å². The minimum Gasteiger partial charge on any atom is -0.494 e. The summed E-state index contributed by atoms with van der Waals surface area (Å²) in [7, 11) is -10.1. The van der Waals surface area contributed by atoms with Gasteiger partial charge in [-0.05, 0) is 25.5 Å². The fourth-order valence-corrected chi connectivity index (χ4v) is 5.06. The number of methoxy groups -OCH3 is 2. The molecule has 0 unspecified atom stereocenters. The highest BCUT2D eigenvalue weighted by Crippen LogP contribution is 2.38. The highest BCUT2D eigenvalue weighted by atomic mass is 35.5. The minimum absolute atomic E-state index is 0.180. The van der Waals surface area contributed by atoms with Crippen molar-refractivity contribution in [1.29, 1.82) is 0 Å². The third-order valence-corrected chi connectivity index (χ3v) is 7.91. The van der Waals surface area contributed by atoms with Gasteiger partial charge in [-0.15, -0.1) is 10.2 Å². The lowest BCUT2D eigenvalue weighted by atomic mass is 10.1. The Balaban J connectivity index is 1.85. The summed E-state index contributed by atoms with van der Waals surface area (Å²) in [6.07, 6.45) is 3.20. The largest absolute Gasteiger partial charge is 0.494 e. The van der Waals surface area contributed by atoms with Gasteiger partial charge in [0.25, 0.3) is 0 Å². The average Bonchev–Trinajstić information content (AvgIpc) is 3.52. The Morgan fingerprint density at radius 3 is 2.49 bits per heavy atom. The van der Waals surface area contributed by atoms with Gasteiger partial charge in [-0.2, -0.15) is 0 Å². The van der Waals surface area contributed by atoms with E-state index < -0.39 is 35.3 Å². The number of halogens is 1. The second-order valence-corrected chi connectivity index (χ2v) is 10.5. The molecule has 3 aromatic rings. The number of para-hydroxylation sites is 1. The van der Waals surface area contributed by atoms with Crippen LogP contribution >= 0.6 is 11.6 Å². The van der Waals surface area contributed by atoms with Crippen molar-refractivity contribution in [3.63, 3.8) is 0 Å². The number of nitrogens with one attached hydrogen (secondary N) is 1. The van der Waals surface area contributed by atoms with Crippen molar-refractivity contribution < 1.29 is 30.9 Å². The summed E-state index contributed by atoms with van der Waals surface area (Å²) in [5.41, 5.74) is -0.217. The predicted molar refractivity (Wildman–Crippen MR) is 130 cm³/mol. The van der Waals surface area contributed by atoms with E-state index in [-0.39, 0.29) is 47.3 Å². The van der Waals surface area contributed by atoms with Gasteiger partial charge in [0, 0.05) is 30.8 Å². The Hall–Kier alpha value is -2.96. The molecule has 0 spiro atoms. The maximum absolute atomic E-state index is 13.6. The first-order valence-electron chi connectivity index (χ1n) is 13.6. The molecule has 1 fully saturated rings. The summed E-state index contributed by atoms with van der Waals surface area (Å²) in [4.78, 5) is 8.22. The molecule has 1 aliphatic heterocycles. The SMILES string of the molecule is [2H]C([2H])([2H])Oc1cccc(OC([2H])([2H])[2H])c1-n1c(NS(=O)(=O)[C@@H](C)[C@H](C)c2ncc(Cl)cn2)nnc1[C@H]1CCOC1. The van der Waals surface area contributed by atoms with Crippen LogP contribution in [0.4, 0.5) is 5.95 Å². The van der Waals surface area contributed by atoms with Crippen LogP contribution in [-0.4, -0.2) is 65.7 Å². The van der Waals surface area contributed by atoms with Crippen LogP contribution in [0.5, 0.6) is 11.5 Å². The molecule has 3 heterocycles. The first-order valence-corrected chi connectivity index (χ1v) is 12.5. The zero-order valence-corrected chi connectivity index (χ0v) is 20.4. The van der Waals surface area contributed by atoms with Crippen LogP contribution in [0.1, 0.15) is 52.0 Å². The molecule has 13 heteroatoms. The van der Waals surface area contributed by atoms with E-state index in [0.29, 0.717) is 18.1 Å². The van der Waals surface area contributed by atoms with Gasteiger partial charge >= 0.3 is 0 Å². The lowest BCUT2D eigenvalue weighted by Crippen LogP contribution is -2.31. The summed E-state index contributed by atoms with van der Waals surface area (Å²) in [5.74, 6) is -1.64. The molecular formula is C22H27ClN6O5S. The molecular weight excluding hydrogens is 496 g/mol. The Morgan fingerprint density at radius 1 is 1.20 bits per heavy atom. The van der Waals surface area contributed by atoms with Gasteiger partial charge in [0.15, 0.2) is 0 Å². The van der Waals surface area contributed by atoms with Crippen LogP contribution in [0, 0.1) is 0 Å². The highest BCUT2D eigenvalue weighted by molar-refractivity contribution is 7.93. The molecule has 11 nitrogen and oxygen atoms in total. The summed E-state index contributed by atoms with van der Waals surface area (Å²) in [5, 5.41) is 7.42. The van der Waals surface area contributed by atoms with E-state index in [1.165, 1.54) is 42.1 Å². The molecule has 3 atom stereocenters. The van der Waals surface area contributed by atoms with Crippen LogP contribution < -0.4 is 14.2 Å². The molecule has 188 valence electrons. The first-order chi connectivity index (χ1) is 19.1. The molecule has 1 aromatic carbocycles. The monoisotopic (exact) mass is 528 g/mol. The van der Waals surface area contributed by atoms with Crippen LogP contribution in [0.3, 0.4) is 0 Å². The number of ether oxygens (including phenoxy) is 3. The van der Waals surface area contributed by atoms with Gasteiger partial charge in [0.05, 0.1) is 39.2 Å². The molecule has 1 saturated heterocycles. The highest BCUT2D eigenvalue weighted by Gasteiger charge is 2.34. The number of nitrogens with zero attached hydrogens (tertiary/aromatic N) is 5. The zero-order chi connectivity index (χ0) is 30.2. The van der Waals surface area contributed by atoms with Crippen molar-refractivity contribution in [3.8, 4) is 17.2 Å². The number of hydrogen-bond donors (Lipinski definition) is 1. The van der Waals surface area contributed by atoms with Gasteiger partial charge in [-0.25, -0.2) is 18.4 Å². The number of benzene rings is 1. The number of aromatic nitrogens is 5. The zero-order valence-electron chi connectivity index (χ0n) is 24.8. The van der Waals surface area contributed by atoms with Crippen molar-refractivity contribution in [3.05, 3.63) is 47.3 Å². The van der Waals surface area contributed by atoms with Crippen LogP contribution in [0.25, 0.3) is 5.69 Å². The molecule has 0 aliphatic carbocycles. The Bertz CT molecular complexity index is 1450. The number of anilines is 1. The second-order valence-electron chi connectivity index (χ2n) is 7.99. The maximum Gasteiger partial charge on any atom is 0.243 e. The van der Waals surface area contributed by atoms with E-state index in [9.17, 15) is 8.42 Å². The van der Waals surface area contributed by atoms with Gasteiger partial charge in [0.2, 0.25) is 16.0 Å². The van der Waals surface area contributed by atoms with E-state index in [4.69, 9.17) is 34.0 Å². The quantitative estimate of drug-likeness (QED) is 0.445. The molecule has 2 aromatic heterocycles. The van der Waals surface area contributed by atoms with Crippen LogP contribution in [0.2, 0.25) is 5.02 Å². The van der Waals surface area contributed by atoms with Gasteiger partial charge in [-0.3, -0.25) is 9.29 Å². The molecule has 4 rings (SSSR count). The molecule has 0 bridgehead atoms. The standard InChI is InChI=1S/C22H27ClN6O5S/c1-13(20-24-10-16(23)11-25-20)14(2)35(30,31)28-22-27-26-21(15-8-9-34-12-15)29(22)19-17(32-3)6-5-7-18(19)33-4/h5-7,10-11,13-15H,8-9,12H2,1-4H3,(H,27,28)/t13-,14-,15-/m0/s1/i3D3,4D3. The van der Waals surface area contributed by atoms with Crippen molar-refractivity contribution in [1.82, 2.24) is 24.7 Å². The van der Waals surface area contributed by atoms with E-state index >= 15 is 0 Å². The fraction of sp³-hybridized carbons (Fsp3) is 0.455. The summed E-state index contributed by atoms with van der Waals surface area (Å²) >= 11 is 5.86. The van der Waals surface area contributed by atoms with Crippen molar-refractivity contribution in [2.45, 2.75) is 37.4 Å². The van der Waals surface area contributed by atoms with Crippen LogP contribution in [-0.2, 0) is 14.8 Å². The van der Waals surface area contributed by atoms with Gasteiger partial charge in [-0.1, -0.05) is 24.6 Å². The number of sulfonamides is 1. The summed E-state index contributed by atoms with van der Waals surface area (Å²) in [6.45, 7) is 3.68. The summed E-state index contributed by atoms with van der Waals surface area (Å²) < 4.78 is 92.4. The Labute approximate surface area is 217 Å². The van der Waals surface area contributed by atoms with E-state index in [1.807, 2.05) is 0 Å². The number of hydrogen-bond acceptors (Lipinski definition) is 9. The fourth-order valence-electron chi connectivity index (χ4n) is 3.73. The predicted octanol–water partition coefficient (Wildman–Crippen LogP) is 3.17. The van der Waals surface area contributed by atoms with Crippen molar-refractivity contribution in [2.75, 3.05) is 32.0 Å². The summed E-state index contributed by atoms with van der Waals surface area (Å²) in [6, 6.07) is 3.90. The molecule has 0 saturated carbocycles. The Morgan fingerprint density at radius 2 is 1.89 bits per heavy atom. The topological polar surface area (TPSA) is 130 Å². The molecule has 1 aliphatic rings. The second kappa shape index (κ2) is 10.3. The molecule has 0 amide bonds. The lowest BCUT2D eigenvalue weighted by molar-refractivity contribution is 0.193. The van der Waals surface area contributed by atoms with Crippen molar-refractivity contribution >= 4 is 27.6 Å². The first kappa shape index (κ1) is 18.3. The lowest BCUT2D eigenvalue weighted by Gasteiger charge is -2.22. The van der Waals surface area contributed by atoms with Crippen LogP contribution in [0.15, 0.2) is 30.6 Å². The molecule has 1 N–H and O–H groups in total. The Kier molecular flexibility index (Phi) is 5.42. The third kappa shape index (κ3) is 5.04. The smallest absolute Gasteiger partial charge is 0.243 e. The number of rotatable bonds is 9.